The molecule has 2 rings (SSSR count). The molecule has 0 aliphatic rings. The van der Waals surface area contributed by atoms with Gasteiger partial charge in [0.25, 0.3) is 0 Å². The van der Waals surface area contributed by atoms with Crippen LogP contribution in [-0.4, -0.2) is 15.7 Å². The van der Waals surface area contributed by atoms with Crippen LogP contribution in [0.1, 0.15) is 25.0 Å². The molecule has 1 aromatic carbocycles. The normalized spacial score (nSPS) is 9.42. The van der Waals surface area contributed by atoms with Gasteiger partial charge in [-0.1, -0.05) is 37.6 Å². The summed E-state index contributed by atoms with van der Waals surface area (Å²) in [6.45, 7) is 4.00. The molecule has 0 bridgehead atoms. The van der Waals surface area contributed by atoms with E-state index in [4.69, 9.17) is 28.5 Å². The number of halogens is 1. The Morgan fingerprint density at radius 3 is 2.00 bits per heavy atom. The van der Waals surface area contributed by atoms with Crippen molar-refractivity contribution in [3.05, 3.63) is 46.7 Å². The van der Waals surface area contributed by atoms with Crippen LogP contribution < -0.4 is 11.5 Å². The Morgan fingerprint density at radius 1 is 1.05 bits per heavy atom. The molecule has 0 saturated heterocycles. The molecule has 1 aromatic heterocycles. The highest BCUT2D eigenvalue weighted by atomic mass is 35.5. The maximum atomic E-state index is 8.04. The average molecular weight is 278 g/mol. The fourth-order valence-corrected chi connectivity index (χ4v) is 1.56. The molecule has 0 aliphatic heterocycles. The van der Waals surface area contributed by atoms with E-state index in [-0.39, 0.29) is 17.3 Å². The highest BCUT2D eigenvalue weighted by Crippen LogP contribution is 2.20. The molecule has 0 radical (unpaired) electrons. The minimum atomic E-state index is 0.178. The number of rotatable bonds is 2. The van der Waals surface area contributed by atoms with E-state index in [9.17, 15) is 0 Å². The van der Waals surface area contributed by atoms with Crippen LogP contribution in [0, 0.1) is 5.41 Å². The second kappa shape index (κ2) is 6.70. The monoisotopic (exact) mass is 277 g/mol. The van der Waals surface area contributed by atoms with Gasteiger partial charge >= 0.3 is 0 Å². The number of anilines is 2. The number of nitrogens with zero attached hydrogens (tertiary/aromatic N) is 2. The second-order valence-electron chi connectivity index (χ2n) is 3.40. The van der Waals surface area contributed by atoms with Crippen LogP contribution in [-0.2, 0) is 0 Å². The molecule has 5 nitrogen and oxygen atoms in total. The first-order chi connectivity index (χ1) is 9.09. The van der Waals surface area contributed by atoms with Crippen molar-refractivity contribution in [2.75, 3.05) is 11.5 Å². The molecular formula is C13H16ClN5. The molecule has 1 heterocycles. The second-order valence-corrected chi connectivity index (χ2v) is 3.84. The van der Waals surface area contributed by atoms with Gasteiger partial charge in [0.2, 0.25) is 0 Å². The maximum Gasteiger partial charge on any atom is 0.138 e. The Labute approximate surface area is 117 Å². The van der Waals surface area contributed by atoms with Crippen molar-refractivity contribution in [3.8, 4) is 0 Å². The Hall–Kier alpha value is -2.14. The van der Waals surface area contributed by atoms with Crippen LogP contribution in [0.5, 0.6) is 0 Å². The molecular weight excluding hydrogens is 262 g/mol. The Bertz CT molecular complexity index is 545. The molecule has 19 heavy (non-hydrogen) atoms. The predicted octanol–water partition coefficient (Wildman–Crippen LogP) is 2.74. The molecule has 0 unspecified atom stereocenters. The van der Waals surface area contributed by atoms with Gasteiger partial charge in [0.1, 0.15) is 18.0 Å². The van der Waals surface area contributed by atoms with Crippen molar-refractivity contribution in [1.29, 1.82) is 5.41 Å². The van der Waals surface area contributed by atoms with Crippen molar-refractivity contribution in [2.24, 2.45) is 0 Å². The number of hydrogen-bond donors (Lipinski definition) is 3. The van der Waals surface area contributed by atoms with E-state index in [1.807, 2.05) is 13.8 Å². The summed E-state index contributed by atoms with van der Waals surface area (Å²) in [5, 5.41) is 8.64. The van der Waals surface area contributed by atoms with Gasteiger partial charge in [-0.25, -0.2) is 9.97 Å². The minimum absolute atomic E-state index is 0.178. The standard InChI is InChI=1S/C11H10ClN5.C2H6/c12-7-3-1-6(2-4-7)9(13)8-10(14)16-5-17-11(8)15;1-2/h1-5,13H,(H4,14,15,16,17);1-2H3. The highest BCUT2D eigenvalue weighted by Gasteiger charge is 2.13. The van der Waals surface area contributed by atoms with Gasteiger partial charge in [0, 0.05) is 10.6 Å². The molecule has 0 atom stereocenters. The number of benzene rings is 1. The molecule has 0 spiro atoms. The summed E-state index contributed by atoms with van der Waals surface area (Å²) < 4.78 is 0. The average Bonchev–Trinajstić information content (AvgIpc) is 2.41. The largest absolute Gasteiger partial charge is 0.383 e. The molecule has 100 valence electrons. The summed E-state index contributed by atoms with van der Waals surface area (Å²) in [4.78, 5) is 7.65. The lowest BCUT2D eigenvalue weighted by atomic mass is 10.0. The minimum Gasteiger partial charge on any atom is -0.383 e. The van der Waals surface area contributed by atoms with Crippen molar-refractivity contribution < 1.29 is 0 Å². The van der Waals surface area contributed by atoms with Gasteiger partial charge in [0.15, 0.2) is 0 Å². The van der Waals surface area contributed by atoms with Crippen LogP contribution >= 0.6 is 11.6 Å². The first kappa shape index (κ1) is 14.9. The van der Waals surface area contributed by atoms with Crippen molar-refractivity contribution >= 4 is 28.9 Å². The molecule has 6 heteroatoms. The van der Waals surface area contributed by atoms with Crippen LogP contribution in [0.15, 0.2) is 30.6 Å². The Kier molecular flexibility index (Phi) is 5.26. The summed E-state index contributed by atoms with van der Waals surface area (Å²) in [6, 6.07) is 6.83. The molecule has 0 fully saturated rings. The zero-order chi connectivity index (χ0) is 14.4. The summed E-state index contributed by atoms with van der Waals surface area (Å²) in [6.07, 6.45) is 1.27. The van der Waals surface area contributed by atoms with E-state index in [0.717, 1.165) is 0 Å². The van der Waals surface area contributed by atoms with Crippen molar-refractivity contribution in [2.45, 2.75) is 13.8 Å². The summed E-state index contributed by atoms with van der Waals surface area (Å²) >= 11 is 5.78. The van der Waals surface area contributed by atoms with Crippen LogP contribution in [0.2, 0.25) is 5.02 Å². The number of nitrogen functional groups attached to an aromatic ring is 2. The Morgan fingerprint density at radius 2 is 1.53 bits per heavy atom. The van der Waals surface area contributed by atoms with E-state index < -0.39 is 0 Å². The maximum absolute atomic E-state index is 8.04. The quantitative estimate of drug-likeness (QED) is 0.735. The first-order valence-electron chi connectivity index (χ1n) is 5.80. The fraction of sp³-hybridized carbons (Fsp3) is 0.154. The predicted molar refractivity (Wildman–Crippen MR) is 79.6 cm³/mol. The van der Waals surface area contributed by atoms with E-state index >= 15 is 0 Å². The highest BCUT2D eigenvalue weighted by molar-refractivity contribution is 6.30. The van der Waals surface area contributed by atoms with Gasteiger partial charge in [-0.15, -0.1) is 0 Å². The smallest absolute Gasteiger partial charge is 0.138 e. The summed E-state index contributed by atoms with van der Waals surface area (Å²) in [5.41, 5.74) is 12.6. The topological polar surface area (TPSA) is 102 Å². The third kappa shape index (κ3) is 3.42. The molecule has 0 saturated carbocycles. The number of nitrogens with two attached hydrogens (primary N) is 2. The van der Waals surface area contributed by atoms with E-state index in [0.29, 0.717) is 16.1 Å². The van der Waals surface area contributed by atoms with Crippen molar-refractivity contribution in [3.63, 3.8) is 0 Å². The van der Waals surface area contributed by atoms with Gasteiger partial charge in [0.05, 0.1) is 11.3 Å². The SMILES string of the molecule is CC.N=C(c1ccc(Cl)cc1)c1c(N)ncnc1N. The van der Waals surface area contributed by atoms with Gasteiger partial charge in [-0.05, 0) is 12.1 Å². The third-order valence-electron chi connectivity index (χ3n) is 2.29. The van der Waals surface area contributed by atoms with Gasteiger partial charge in [-0.3, -0.25) is 5.41 Å². The molecule has 0 amide bonds. The van der Waals surface area contributed by atoms with Crippen LogP contribution in [0.4, 0.5) is 11.6 Å². The Balaban J connectivity index is 0.000000861. The summed E-state index contributed by atoms with van der Waals surface area (Å²) in [7, 11) is 0. The zero-order valence-electron chi connectivity index (χ0n) is 10.8. The van der Waals surface area contributed by atoms with Crippen LogP contribution in [0.3, 0.4) is 0 Å². The lowest BCUT2D eigenvalue weighted by Crippen LogP contribution is -2.11. The zero-order valence-corrected chi connectivity index (χ0v) is 11.6. The number of hydrogen-bond acceptors (Lipinski definition) is 5. The van der Waals surface area contributed by atoms with E-state index in [2.05, 4.69) is 9.97 Å². The fourth-order valence-electron chi connectivity index (χ4n) is 1.43. The molecule has 2 aromatic rings. The first-order valence-corrected chi connectivity index (χ1v) is 6.18. The number of aromatic nitrogens is 2. The molecule has 0 aliphatic carbocycles. The third-order valence-corrected chi connectivity index (χ3v) is 2.54. The van der Waals surface area contributed by atoms with E-state index in [1.165, 1.54) is 6.33 Å². The lowest BCUT2D eigenvalue weighted by Gasteiger charge is -2.08. The van der Waals surface area contributed by atoms with Crippen LogP contribution in [0.25, 0.3) is 0 Å². The summed E-state index contributed by atoms with van der Waals surface area (Å²) in [5.74, 6) is 0.384. The number of nitrogens with one attached hydrogen (secondary N) is 1. The van der Waals surface area contributed by atoms with Gasteiger partial charge in [-0.2, -0.15) is 0 Å². The molecule has 5 N–H and O–H groups in total. The van der Waals surface area contributed by atoms with Crippen molar-refractivity contribution in [1.82, 2.24) is 9.97 Å². The lowest BCUT2D eigenvalue weighted by molar-refractivity contribution is 1.17. The van der Waals surface area contributed by atoms with E-state index in [1.54, 1.807) is 24.3 Å². The van der Waals surface area contributed by atoms with Gasteiger partial charge < -0.3 is 11.5 Å².